The van der Waals surface area contributed by atoms with Crippen molar-refractivity contribution in [3.8, 4) is 0 Å². The Hall–Kier alpha value is -2.34. The number of fused-ring (bicyclic) bond motifs is 4. The quantitative estimate of drug-likeness (QED) is 0.0748. The smallest absolute Gasteiger partial charge is 0.313 e. The molecule has 9 aliphatic rings. The molecule has 78 heavy (non-hydrogen) atoms. The fourth-order valence-electron chi connectivity index (χ4n) is 15.9. The van der Waals surface area contributed by atoms with E-state index in [0.29, 0.717) is 32.1 Å². The number of aliphatic hydroxyl groups is 10. The lowest BCUT2D eigenvalue weighted by Gasteiger charge is -2.63. The second kappa shape index (κ2) is 23.0. The van der Waals surface area contributed by atoms with Crippen molar-refractivity contribution in [2.45, 2.75) is 242 Å². The van der Waals surface area contributed by atoms with Crippen molar-refractivity contribution in [3.05, 3.63) is 23.3 Å². The van der Waals surface area contributed by atoms with Gasteiger partial charge in [0, 0.05) is 19.4 Å². The van der Waals surface area contributed by atoms with Gasteiger partial charge in [0.15, 0.2) is 25.2 Å². The third kappa shape index (κ3) is 10.2. The molecule has 8 fully saturated rings. The van der Waals surface area contributed by atoms with Gasteiger partial charge in [0.05, 0.1) is 43.4 Å². The Morgan fingerprint density at radius 2 is 1.33 bits per heavy atom. The van der Waals surface area contributed by atoms with Crippen LogP contribution in [0.1, 0.15) is 107 Å². The molecule has 0 radical (unpaired) electrons. The van der Waals surface area contributed by atoms with Crippen molar-refractivity contribution in [1.82, 2.24) is 0 Å². The van der Waals surface area contributed by atoms with Crippen LogP contribution in [-0.4, -0.2) is 225 Å². The van der Waals surface area contributed by atoms with Gasteiger partial charge in [0.1, 0.15) is 97.7 Å². The van der Waals surface area contributed by atoms with Crippen LogP contribution in [0.15, 0.2) is 23.3 Å². The lowest BCUT2D eigenvalue weighted by atomic mass is 9.41. The minimum Gasteiger partial charge on any atom is -0.462 e. The fraction of sp³-hybridized carbons (Fsp3) is 0.891. The van der Waals surface area contributed by atoms with Crippen LogP contribution < -0.4 is 0 Å². The standard InChI is InChI=1S/C55H86O23/c1-23(2)11-10-12-29-35-30(71-25(4)58)19-54(8)27-13-14-33-52(5,6)34(16-17-53(33,7)26(27)15-18-55(35,54)51(67)74-29)75-50-46(36(60)28(59)22-69-50)78-47-40(64)39(63)43(24(3)70-47)76-49-42(66)45(38(62)32(21-57)73-49)77-48-41(65)44(68-9)37(61)31(20-56)72-48/h11,13,24,26,28-50,56-57,59-66H,10,12,14-22H2,1-9H3/t24-,26+,28-,29+,30+,31-,32-,33+,34+,35?,36+,37-,38-,39-,40-,41-,42-,43-,44+,45+,46-,47+,48+,49+,50+,53-,54+,55?/m1/s1. The first kappa shape index (κ1) is 60.3. The summed E-state index contributed by atoms with van der Waals surface area (Å²) in [6.45, 7) is 14.0. The molecule has 0 aromatic carbocycles. The normalized spacial score (nSPS) is 50.8. The SMILES string of the molecule is CO[C@@H]1[C@@H](O)[C@H](O[C@@H]2[C@@H](O)[C@H](O[C@H]3[C@H](O)[C@@H](O)[C@H](O[C@H]4[C@H](O[C@H]5CC[C@]6(C)[C@H]7CCC89C(=O)O[C@@H](CCC=C(C)C)C8[C@@H](OC(C)=O)C[C@@]9(C)C7=CC[C@H]6C5(C)C)OC[C@@H](O)[C@@H]4O)O[C@@H]3C)O[C@H](CO)[C@H]2O)O[C@H](CO)[C@H]1O. The maximum Gasteiger partial charge on any atom is 0.313 e. The summed E-state index contributed by atoms with van der Waals surface area (Å²) in [7, 11) is 1.21. The van der Waals surface area contributed by atoms with Gasteiger partial charge < -0.3 is 103 Å². The first-order valence-electron chi connectivity index (χ1n) is 27.9. The minimum absolute atomic E-state index is 0.0751. The number of hydrogen-bond acceptors (Lipinski definition) is 23. The van der Waals surface area contributed by atoms with Gasteiger partial charge in [-0.25, -0.2) is 0 Å². The zero-order valence-corrected chi connectivity index (χ0v) is 46.1. The second-order valence-electron chi connectivity index (χ2n) is 24.9. The van der Waals surface area contributed by atoms with E-state index < -0.39 is 158 Å². The second-order valence-corrected chi connectivity index (χ2v) is 24.9. The summed E-state index contributed by atoms with van der Waals surface area (Å²) in [5.41, 5.74) is 0.239. The molecular formula is C55H86O23. The molecule has 28 atom stereocenters. The third-order valence-corrected chi connectivity index (χ3v) is 19.9. The molecule has 444 valence electrons. The van der Waals surface area contributed by atoms with Crippen LogP contribution in [0.4, 0.5) is 0 Å². The van der Waals surface area contributed by atoms with Gasteiger partial charge in [-0.1, -0.05) is 51.0 Å². The number of allylic oxidation sites excluding steroid dienone is 4. The highest BCUT2D eigenvalue weighted by Crippen LogP contribution is 2.75. The van der Waals surface area contributed by atoms with E-state index >= 15 is 0 Å². The molecule has 5 aliphatic heterocycles. The lowest BCUT2D eigenvalue weighted by molar-refractivity contribution is -0.389. The Kier molecular flexibility index (Phi) is 17.8. The van der Waals surface area contributed by atoms with Gasteiger partial charge in [-0.05, 0) is 94.8 Å². The summed E-state index contributed by atoms with van der Waals surface area (Å²) in [6.07, 6.45) is -21.3. The summed E-state index contributed by atoms with van der Waals surface area (Å²) in [4.78, 5) is 27.1. The van der Waals surface area contributed by atoms with Crippen molar-refractivity contribution >= 4 is 11.9 Å². The van der Waals surface area contributed by atoms with E-state index in [1.54, 1.807) is 0 Å². The van der Waals surface area contributed by atoms with Gasteiger partial charge in [-0.15, -0.1) is 0 Å². The molecule has 0 amide bonds. The molecule has 3 saturated carbocycles. The molecular weight excluding hydrogens is 1030 g/mol. The maximum atomic E-state index is 14.4. The number of rotatable bonds is 15. The Morgan fingerprint density at radius 3 is 1.96 bits per heavy atom. The number of carbonyl (C=O) groups is 2. The van der Waals surface area contributed by atoms with Gasteiger partial charge in [0.2, 0.25) is 0 Å². The van der Waals surface area contributed by atoms with Crippen LogP contribution in [0.5, 0.6) is 0 Å². The van der Waals surface area contributed by atoms with Crippen LogP contribution in [0, 0.1) is 39.4 Å². The molecule has 10 N–H and O–H groups in total. The topological polar surface area (TPSA) is 338 Å². The summed E-state index contributed by atoms with van der Waals surface area (Å²) in [5.74, 6) is -0.645. The summed E-state index contributed by atoms with van der Waals surface area (Å²) >= 11 is 0. The van der Waals surface area contributed by atoms with Crippen LogP contribution in [0.3, 0.4) is 0 Å². The number of hydrogen-bond donors (Lipinski definition) is 10. The number of cyclic esters (lactones) is 1. The van der Waals surface area contributed by atoms with E-state index in [1.807, 2.05) is 13.8 Å². The number of esters is 2. The van der Waals surface area contributed by atoms with E-state index in [1.165, 1.54) is 32.1 Å². The van der Waals surface area contributed by atoms with Crippen molar-refractivity contribution in [2.24, 2.45) is 39.4 Å². The predicted octanol–water partition coefficient (Wildman–Crippen LogP) is -0.236. The van der Waals surface area contributed by atoms with Gasteiger partial charge in [-0.3, -0.25) is 9.59 Å². The molecule has 5 heterocycles. The molecule has 5 saturated heterocycles. The van der Waals surface area contributed by atoms with E-state index in [9.17, 15) is 60.7 Å². The van der Waals surface area contributed by atoms with Gasteiger partial charge >= 0.3 is 11.9 Å². The van der Waals surface area contributed by atoms with E-state index in [-0.39, 0.29) is 47.8 Å². The van der Waals surface area contributed by atoms with Crippen LogP contribution in [0.25, 0.3) is 0 Å². The molecule has 4 aliphatic carbocycles. The van der Waals surface area contributed by atoms with E-state index in [4.69, 9.17) is 52.1 Å². The largest absolute Gasteiger partial charge is 0.462 e. The highest BCUT2D eigenvalue weighted by molar-refractivity contribution is 5.83. The van der Waals surface area contributed by atoms with Crippen molar-refractivity contribution < 1.29 is 113 Å². The molecule has 1 spiro atoms. The average molecular weight is 1120 g/mol. The Labute approximate surface area is 455 Å². The maximum absolute atomic E-state index is 14.4. The summed E-state index contributed by atoms with van der Waals surface area (Å²) in [5, 5.41) is 110. The van der Waals surface area contributed by atoms with Crippen LogP contribution in [0.2, 0.25) is 0 Å². The molecule has 0 aromatic rings. The van der Waals surface area contributed by atoms with Crippen LogP contribution in [-0.2, 0) is 61.7 Å². The van der Waals surface area contributed by atoms with E-state index in [0.717, 1.165) is 19.3 Å². The molecule has 9 rings (SSSR count). The van der Waals surface area contributed by atoms with Crippen LogP contribution >= 0.6 is 0 Å². The monoisotopic (exact) mass is 1110 g/mol. The summed E-state index contributed by atoms with van der Waals surface area (Å²) in [6, 6.07) is 0. The fourth-order valence-corrected chi connectivity index (χ4v) is 15.9. The van der Waals surface area contributed by atoms with Crippen molar-refractivity contribution in [3.63, 3.8) is 0 Å². The molecule has 0 aromatic heterocycles. The first-order chi connectivity index (χ1) is 36.8. The van der Waals surface area contributed by atoms with E-state index in [2.05, 4.69) is 39.8 Å². The average Bonchev–Trinajstić information content (AvgIpc) is 2.97. The molecule has 2 unspecified atom stereocenters. The number of carbonyl (C=O) groups excluding carboxylic acids is 2. The van der Waals surface area contributed by atoms with Gasteiger partial charge in [0.25, 0.3) is 0 Å². The first-order valence-corrected chi connectivity index (χ1v) is 27.9. The lowest BCUT2D eigenvalue weighted by Crippen LogP contribution is -2.67. The van der Waals surface area contributed by atoms with Crippen molar-refractivity contribution in [2.75, 3.05) is 26.9 Å². The predicted molar refractivity (Wildman–Crippen MR) is 267 cm³/mol. The third-order valence-electron chi connectivity index (χ3n) is 19.9. The number of ether oxygens (including phenoxy) is 11. The molecule has 23 nitrogen and oxygen atoms in total. The highest BCUT2D eigenvalue weighted by Gasteiger charge is 2.77. The highest BCUT2D eigenvalue weighted by atomic mass is 16.8. The Morgan fingerprint density at radius 1 is 0.718 bits per heavy atom. The number of aliphatic hydroxyl groups excluding tert-OH is 10. The zero-order chi connectivity index (χ0) is 56.7. The molecule has 23 heteroatoms. The summed E-state index contributed by atoms with van der Waals surface area (Å²) < 4.78 is 65.9. The Bertz CT molecular complexity index is 2190. The van der Waals surface area contributed by atoms with Crippen molar-refractivity contribution in [1.29, 1.82) is 0 Å². The zero-order valence-electron chi connectivity index (χ0n) is 46.1. The molecule has 0 bridgehead atoms. The number of methoxy groups -OCH3 is 1. The van der Waals surface area contributed by atoms with Gasteiger partial charge in [-0.2, -0.15) is 0 Å². The Balaban J connectivity index is 0.880. The minimum atomic E-state index is -1.91.